The van der Waals surface area contributed by atoms with Gasteiger partial charge in [-0.15, -0.1) is 0 Å². The molecule has 0 unspecified atom stereocenters. The Kier molecular flexibility index (Phi) is 5.02. The van der Waals surface area contributed by atoms with Gasteiger partial charge in [-0.05, 0) is 32.4 Å². The van der Waals surface area contributed by atoms with E-state index >= 15 is 0 Å². The van der Waals surface area contributed by atoms with Crippen molar-refractivity contribution in [3.8, 4) is 0 Å². The summed E-state index contributed by atoms with van der Waals surface area (Å²) in [6, 6.07) is 2.11. The highest BCUT2D eigenvalue weighted by atomic mass is 16.3. The molecule has 1 N–H and O–H groups in total. The van der Waals surface area contributed by atoms with Crippen LogP contribution in [0.5, 0.6) is 0 Å². The van der Waals surface area contributed by atoms with Gasteiger partial charge < -0.3 is 9.73 Å². The largest absolute Gasteiger partial charge is 0.468 e. The van der Waals surface area contributed by atoms with Crippen LogP contribution in [0.25, 0.3) is 0 Å². The van der Waals surface area contributed by atoms with Crippen LogP contribution < -0.4 is 5.32 Å². The molecule has 1 aromatic heterocycles. The first kappa shape index (κ1) is 13.4. The Morgan fingerprint density at radius 3 is 3.11 bits per heavy atom. The maximum atomic E-state index is 5.58. The molecule has 0 saturated heterocycles. The minimum Gasteiger partial charge on any atom is -0.468 e. The van der Waals surface area contributed by atoms with Gasteiger partial charge in [-0.2, -0.15) is 0 Å². The number of hydrogen-bond acceptors (Lipinski definition) is 3. The molecule has 100 valence electrons. The molecular weight excluding hydrogens is 224 g/mol. The third-order valence-corrected chi connectivity index (χ3v) is 3.36. The molecule has 0 spiro atoms. The summed E-state index contributed by atoms with van der Waals surface area (Å²) in [5.41, 5.74) is 2.81. The first-order valence-electron chi connectivity index (χ1n) is 6.93. The maximum Gasteiger partial charge on any atom is 0.122 e. The van der Waals surface area contributed by atoms with Gasteiger partial charge in [0, 0.05) is 25.2 Å². The van der Waals surface area contributed by atoms with E-state index in [0.717, 1.165) is 44.9 Å². The van der Waals surface area contributed by atoms with Gasteiger partial charge >= 0.3 is 0 Å². The molecule has 1 aromatic rings. The van der Waals surface area contributed by atoms with Crippen LogP contribution in [0.1, 0.15) is 38.0 Å². The SMILES string of the molecule is CCCNCc1occc1CN1CCC=C(C)C1. The van der Waals surface area contributed by atoms with Crippen molar-refractivity contribution in [2.75, 3.05) is 19.6 Å². The van der Waals surface area contributed by atoms with E-state index in [1.54, 1.807) is 0 Å². The Bertz CT molecular complexity index is 395. The second-order valence-corrected chi connectivity index (χ2v) is 5.10. The van der Waals surface area contributed by atoms with E-state index in [1.165, 1.54) is 17.6 Å². The zero-order chi connectivity index (χ0) is 12.8. The molecule has 0 aromatic carbocycles. The normalized spacial score (nSPS) is 16.9. The monoisotopic (exact) mass is 248 g/mol. The fraction of sp³-hybridized carbons (Fsp3) is 0.600. The molecule has 1 aliphatic heterocycles. The lowest BCUT2D eigenvalue weighted by molar-refractivity contribution is 0.279. The van der Waals surface area contributed by atoms with Crippen molar-refractivity contribution in [3.05, 3.63) is 35.3 Å². The smallest absolute Gasteiger partial charge is 0.122 e. The molecule has 0 fully saturated rings. The highest BCUT2D eigenvalue weighted by Gasteiger charge is 2.13. The first-order chi connectivity index (χ1) is 8.79. The highest BCUT2D eigenvalue weighted by molar-refractivity contribution is 5.18. The molecule has 0 aliphatic carbocycles. The van der Waals surface area contributed by atoms with E-state index in [2.05, 4.69) is 36.2 Å². The summed E-state index contributed by atoms with van der Waals surface area (Å²) in [5.74, 6) is 1.09. The molecule has 2 heterocycles. The molecule has 0 amide bonds. The van der Waals surface area contributed by atoms with Crippen molar-refractivity contribution in [3.63, 3.8) is 0 Å². The lowest BCUT2D eigenvalue weighted by atomic mass is 10.1. The molecule has 0 radical (unpaired) electrons. The van der Waals surface area contributed by atoms with Crippen molar-refractivity contribution < 1.29 is 4.42 Å². The molecule has 1 aliphatic rings. The Morgan fingerprint density at radius 2 is 2.33 bits per heavy atom. The number of hydrogen-bond donors (Lipinski definition) is 1. The molecule has 0 bridgehead atoms. The van der Waals surface area contributed by atoms with Crippen molar-refractivity contribution >= 4 is 0 Å². The van der Waals surface area contributed by atoms with Crippen LogP contribution in [-0.2, 0) is 13.1 Å². The molecule has 3 nitrogen and oxygen atoms in total. The first-order valence-corrected chi connectivity index (χ1v) is 6.93. The average Bonchev–Trinajstić information content (AvgIpc) is 2.77. The van der Waals surface area contributed by atoms with Gasteiger partial charge in [0.2, 0.25) is 0 Å². The van der Waals surface area contributed by atoms with Gasteiger partial charge in [0.15, 0.2) is 0 Å². The zero-order valence-corrected chi connectivity index (χ0v) is 11.5. The fourth-order valence-corrected chi connectivity index (χ4v) is 2.41. The van der Waals surface area contributed by atoms with Gasteiger partial charge in [0.1, 0.15) is 5.76 Å². The fourth-order valence-electron chi connectivity index (χ4n) is 2.41. The Labute approximate surface area is 110 Å². The summed E-state index contributed by atoms with van der Waals surface area (Å²) in [6.07, 6.45) is 6.49. The average molecular weight is 248 g/mol. The predicted octanol–water partition coefficient (Wildman–Crippen LogP) is 2.93. The van der Waals surface area contributed by atoms with Crippen LogP contribution in [-0.4, -0.2) is 24.5 Å². The minimum absolute atomic E-state index is 0.846. The summed E-state index contributed by atoms with van der Waals surface area (Å²) < 4.78 is 5.58. The van der Waals surface area contributed by atoms with Crippen molar-refractivity contribution in [2.24, 2.45) is 0 Å². The molecule has 0 atom stereocenters. The standard InChI is InChI=1S/C15H24N2O/c1-3-7-16-10-15-14(6-9-18-15)12-17-8-4-5-13(2)11-17/h5-6,9,16H,3-4,7-8,10-12H2,1-2H3. The van der Waals surface area contributed by atoms with Crippen LogP contribution >= 0.6 is 0 Å². The third-order valence-electron chi connectivity index (χ3n) is 3.36. The van der Waals surface area contributed by atoms with E-state index in [9.17, 15) is 0 Å². The number of nitrogens with zero attached hydrogens (tertiary/aromatic N) is 1. The van der Waals surface area contributed by atoms with Gasteiger partial charge in [-0.3, -0.25) is 4.90 Å². The van der Waals surface area contributed by atoms with Gasteiger partial charge in [-0.1, -0.05) is 18.6 Å². The Balaban J connectivity index is 1.89. The van der Waals surface area contributed by atoms with E-state index in [1.807, 2.05) is 6.26 Å². The quantitative estimate of drug-likeness (QED) is 0.620. The predicted molar refractivity (Wildman–Crippen MR) is 74.4 cm³/mol. The van der Waals surface area contributed by atoms with Crippen LogP contribution in [0, 0.1) is 0 Å². The molecular formula is C15H24N2O. The number of furan rings is 1. The van der Waals surface area contributed by atoms with Crippen LogP contribution in [0.4, 0.5) is 0 Å². The second kappa shape index (κ2) is 6.76. The van der Waals surface area contributed by atoms with Crippen molar-refractivity contribution in [2.45, 2.75) is 39.8 Å². The maximum absolute atomic E-state index is 5.58. The lowest BCUT2D eigenvalue weighted by Crippen LogP contribution is -2.29. The lowest BCUT2D eigenvalue weighted by Gasteiger charge is -2.25. The van der Waals surface area contributed by atoms with Gasteiger partial charge in [-0.25, -0.2) is 0 Å². The van der Waals surface area contributed by atoms with Crippen LogP contribution in [0.3, 0.4) is 0 Å². The Morgan fingerprint density at radius 1 is 1.44 bits per heavy atom. The Hall–Kier alpha value is -1.06. The number of rotatable bonds is 6. The summed E-state index contributed by atoms with van der Waals surface area (Å²) >= 11 is 0. The summed E-state index contributed by atoms with van der Waals surface area (Å²) in [5, 5.41) is 3.40. The van der Waals surface area contributed by atoms with E-state index < -0.39 is 0 Å². The number of nitrogens with one attached hydrogen (secondary N) is 1. The summed E-state index contributed by atoms with van der Waals surface area (Å²) in [4.78, 5) is 2.49. The third kappa shape index (κ3) is 3.72. The van der Waals surface area contributed by atoms with Gasteiger partial charge in [0.25, 0.3) is 0 Å². The van der Waals surface area contributed by atoms with Crippen molar-refractivity contribution in [1.29, 1.82) is 0 Å². The zero-order valence-electron chi connectivity index (χ0n) is 11.5. The van der Waals surface area contributed by atoms with E-state index in [-0.39, 0.29) is 0 Å². The van der Waals surface area contributed by atoms with Crippen molar-refractivity contribution in [1.82, 2.24) is 10.2 Å². The van der Waals surface area contributed by atoms with Crippen LogP contribution in [0.2, 0.25) is 0 Å². The minimum atomic E-state index is 0.846. The van der Waals surface area contributed by atoms with Crippen LogP contribution in [0.15, 0.2) is 28.4 Å². The molecule has 18 heavy (non-hydrogen) atoms. The summed E-state index contributed by atoms with van der Waals surface area (Å²) in [7, 11) is 0. The van der Waals surface area contributed by atoms with Gasteiger partial charge in [0.05, 0.1) is 12.8 Å². The summed E-state index contributed by atoms with van der Waals surface area (Å²) in [6.45, 7) is 9.54. The highest BCUT2D eigenvalue weighted by Crippen LogP contribution is 2.17. The molecule has 3 heteroatoms. The van der Waals surface area contributed by atoms with E-state index in [4.69, 9.17) is 4.42 Å². The topological polar surface area (TPSA) is 28.4 Å². The second-order valence-electron chi connectivity index (χ2n) is 5.10. The van der Waals surface area contributed by atoms with E-state index in [0.29, 0.717) is 0 Å². The molecule has 0 saturated carbocycles. The molecule has 2 rings (SSSR count).